The van der Waals surface area contributed by atoms with Crippen molar-refractivity contribution in [3.05, 3.63) is 59.7 Å². The van der Waals surface area contributed by atoms with Crippen molar-refractivity contribution in [3.8, 4) is 11.5 Å². The van der Waals surface area contributed by atoms with Gasteiger partial charge in [-0.05, 0) is 48.2 Å². The predicted molar refractivity (Wildman–Crippen MR) is 114 cm³/mol. The minimum absolute atomic E-state index is 0.278. The molecule has 0 atom stereocenters. The second kappa shape index (κ2) is 11.2. The molecular weight excluding hydrogens is 390 g/mol. The van der Waals surface area contributed by atoms with E-state index in [-0.39, 0.29) is 12.5 Å². The molecule has 1 amide bonds. The smallest absolute Gasteiger partial charge is 0.331 e. The van der Waals surface area contributed by atoms with Gasteiger partial charge < -0.3 is 19.1 Å². The van der Waals surface area contributed by atoms with Gasteiger partial charge in [-0.3, -0.25) is 4.79 Å². The molecular formula is C22H25NO5S. The SMILES string of the molecule is COc1ccc(OC)c(/C=C/C(=O)OCC(=O)N(C)Cc2ccc(SC)cc2)c1. The Morgan fingerprint density at radius 2 is 1.79 bits per heavy atom. The van der Waals surface area contributed by atoms with Crippen LogP contribution in [0, 0.1) is 0 Å². The lowest BCUT2D eigenvalue weighted by atomic mass is 10.1. The first-order valence-corrected chi connectivity index (χ1v) is 10.1. The first-order valence-electron chi connectivity index (χ1n) is 8.90. The fourth-order valence-electron chi connectivity index (χ4n) is 2.51. The number of likely N-dealkylation sites (N-methyl/N-ethyl adjacent to an activating group) is 1. The highest BCUT2D eigenvalue weighted by Gasteiger charge is 2.12. The molecule has 0 aromatic heterocycles. The third-order valence-corrected chi connectivity index (χ3v) is 4.92. The molecule has 7 heteroatoms. The highest BCUT2D eigenvalue weighted by molar-refractivity contribution is 7.98. The first kappa shape index (κ1) is 22.4. The number of amides is 1. The van der Waals surface area contributed by atoms with Gasteiger partial charge in [0.2, 0.25) is 0 Å². The Hall–Kier alpha value is -2.93. The minimum atomic E-state index is -0.610. The zero-order chi connectivity index (χ0) is 21.2. The molecule has 0 N–H and O–H groups in total. The van der Waals surface area contributed by atoms with Gasteiger partial charge in [0.15, 0.2) is 6.61 Å². The summed E-state index contributed by atoms with van der Waals surface area (Å²) < 4.78 is 15.5. The highest BCUT2D eigenvalue weighted by atomic mass is 32.2. The molecule has 0 spiro atoms. The maximum absolute atomic E-state index is 12.2. The van der Waals surface area contributed by atoms with Crippen molar-refractivity contribution in [1.29, 1.82) is 0 Å². The van der Waals surface area contributed by atoms with E-state index in [0.717, 1.165) is 10.5 Å². The van der Waals surface area contributed by atoms with Crippen LogP contribution < -0.4 is 9.47 Å². The van der Waals surface area contributed by atoms with Crippen LogP contribution in [0.25, 0.3) is 6.08 Å². The number of thioether (sulfide) groups is 1. The molecule has 0 aliphatic rings. The van der Waals surface area contributed by atoms with E-state index in [1.807, 2.05) is 30.5 Å². The maximum Gasteiger partial charge on any atom is 0.331 e. The monoisotopic (exact) mass is 415 g/mol. The van der Waals surface area contributed by atoms with Crippen molar-refractivity contribution in [1.82, 2.24) is 4.90 Å². The molecule has 0 fully saturated rings. The Labute approximate surface area is 175 Å². The molecule has 0 aliphatic heterocycles. The van der Waals surface area contributed by atoms with Gasteiger partial charge in [-0.15, -0.1) is 11.8 Å². The minimum Gasteiger partial charge on any atom is -0.497 e. The van der Waals surface area contributed by atoms with Gasteiger partial charge in [0.05, 0.1) is 14.2 Å². The number of hydrogen-bond donors (Lipinski definition) is 0. The van der Waals surface area contributed by atoms with Crippen LogP contribution in [0.4, 0.5) is 0 Å². The fraction of sp³-hybridized carbons (Fsp3) is 0.273. The summed E-state index contributed by atoms with van der Waals surface area (Å²) in [7, 11) is 4.78. The van der Waals surface area contributed by atoms with Crippen molar-refractivity contribution in [2.24, 2.45) is 0 Å². The van der Waals surface area contributed by atoms with E-state index in [0.29, 0.717) is 23.6 Å². The van der Waals surface area contributed by atoms with Crippen molar-refractivity contribution in [3.63, 3.8) is 0 Å². The summed E-state index contributed by atoms with van der Waals surface area (Å²) in [4.78, 5) is 26.9. The fourth-order valence-corrected chi connectivity index (χ4v) is 2.92. The van der Waals surface area contributed by atoms with Crippen LogP contribution in [0.1, 0.15) is 11.1 Å². The number of benzene rings is 2. The van der Waals surface area contributed by atoms with Crippen molar-refractivity contribution >= 4 is 29.7 Å². The summed E-state index contributed by atoms with van der Waals surface area (Å²) in [5, 5.41) is 0. The Kier molecular flexibility index (Phi) is 8.61. The summed E-state index contributed by atoms with van der Waals surface area (Å²) in [6.45, 7) is 0.125. The number of nitrogens with zero attached hydrogens (tertiary/aromatic N) is 1. The number of ether oxygens (including phenoxy) is 3. The number of rotatable bonds is 9. The van der Waals surface area contributed by atoms with Crippen LogP contribution >= 0.6 is 11.8 Å². The lowest BCUT2D eigenvalue weighted by molar-refractivity contribution is -0.147. The van der Waals surface area contributed by atoms with Crippen LogP contribution in [0.15, 0.2) is 53.4 Å². The molecule has 0 heterocycles. The number of carbonyl (C=O) groups is 2. The maximum atomic E-state index is 12.2. The van der Waals surface area contributed by atoms with E-state index in [9.17, 15) is 9.59 Å². The molecule has 0 unspecified atom stereocenters. The molecule has 0 saturated carbocycles. The van der Waals surface area contributed by atoms with Gasteiger partial charge in [0.25, 0.3) is 5.91 Å². The molecule has 154 valence electrons. The van der Waals surface area contributed by atoms with E-state index in [4.69, 9.17) is 14.2 Å². The summed E-state index contributed by atoms with van der Waals surface area (Å²) in [6, 6.07) is 13.2. The average molecular weight is 416 g/mol. The van der Waals surface area contributed by atoms with Crippen molar-refractivity contribution in [2.75, 3.05) is 34.1 Å². The quantitative estimate of drug-likeness (QED) is 0.354. The highest BCUT2D eigenvalue weighted by Crippen LogP contribution is 2.25. The molecule has 0 bridgehead atoms. The van der Waals surface area contributed by atoms with E-state index >= 15 is 0 Å². The third-order valence-electron chi connectivity index (χ3n) is 4.18. The van der Waals surface area contributed by atoms with Gasteiger partial charge in [0.1, 0.15) is 11.5 Å². The van der Waals surface area contributed by atoms with Gasteiger partial charge in [0, 0.05) is 30.1 Å². The topological polar surface area (TPSA) is 65.1 Å². The third kappa shape index (κ3) is 6.87. The van der Waals surface area contributed by atoms with Crippen LogP contribution in [-0.2, 0) is 20.9 Å². The number of methoxy groups -OCH3 is 2. The lowest BCUT2D eigenvalue weighted by Gasteiger charge is -2.17. The second-order valence-electron chi connectivity index (χ2n) is 6.15. The molecule has 6 nitrogen and oxygen atoms in total. The Bertz CT molecular complexity index is 864. The zero-order valence-corrected chi connectivity index (χ0v) is 17.8. The van der Waals surface area contributed by atoms with Crippen molar-refractivity contribution < 1.29 is 23.8 Å². The van der Waals surface area contributed by atoms with E-state index in [1.54, 1.807) is 57.3 Å². The largest absolute Gasteiger partial charge is 0.497 e. The summed E-state index contributed by atoms with van der Waals surface area (Å²) in [5.74, 6) is 0.347. The molecule has 2 aromatic rings. The van der Waals surface area contributed by atoms with E-state index in [2.05, 4.69) is 0 Å². The molecule has 2 aromatic carbocycles. The Balaban J connectivity index is 1.87. The lowest BCUT2D eigenvalue weighted by Crippen LogP contribution is -2.30. The molecule has 2 rings (SSSR count). The standard InChI is InChI=1S/C22H25NO5S/c1-23(14-16-5-9-19(29-4)10-6-16)21(24)15-28-22(25)12-7-17-13-18(26-2)8-11-20(17)27-3/h5-13H,14-15H2,1-4H3/b12-7+. The predicted octanol–water partition coefficient (Wildman–Crippen LogP) is 3.64. The van der Waals surface area contributed by atoms with Crippen LogP contribution in [0.3, 0.4) is 0 Å². The average Bonchev–Trinajstić information content (AvgIpc) is 2.76. The summed E-state index contributed by atoms with van der Waals surface area (Å²) >= 11 is 1.66. The molecule has 0 aliphatic carbocycles. The van der Waals surface area contributed by atoms with Gasteiger partial charge in [-0.25, -0.2) is 4.79 Å². The number of carbonyl (C=O) groups excluding carboxylic acids is 2. The molecule has 29 heavy (non-hydrogen) atoms. The van der Waals surface area contributed by atoms with Crippen LogP contribution in [-0.4, -0.2) is 50.9 Å². The first-order chi connectivity index (χ1) is 14.0. The summed E-state index contributed by atoms with van der Waals surface area (Å²) in [6.07, 6.45) is 4.83. The molecule has 0 radical (unpaired) electrons. The van der Waals surface area contributed by atoms with E-state index < -0.39 is 5.97 Å². The second-order valence-corrected chi connectivity index (χ2v) is 7.03. The van der Waals surface area contributed by atoms with Crippen LogP contribution in [0.5, 0.6) is 11.5 Å². The van der Waals surface area contributed by atoms with Crippen LogP contribution in [0.2, 0.25) is 0 Å². The summed E-state index contributed by atoms with van der Waals surface area (Å²) in [5.41, 5.74) is 1.68. The van der Waals surface area contributed by atoms with Crippen molar-refractivity contribution in [2.45, 2.75) is 11.4 Å². The number of hydrogen-bond acceptors (Lipinski definition) is 6. The Morgan fingerprint density at radius 3 is 2.41 bits per heavy atom. The van der Waals surface area contributed by atoms with Gasteiger partial charge >= 0.3 is 5.97 Å². The Morgan fingerprint density at radius 1 is 1.07 bits per heavy atom. The van der Waals surface area contributed by atoms with E-state index in [1.165, 1.54) is 11.0 Å². The molecule has 0 saturated heterocycles. The van der Waals surface area contributed by atoms with Gasteiger partial charge in [-0.1, -0.05) is 12.1 Å². The van der Waals surface area contributed by atoms with Gasteiger partial charge in [-0.2, -0.15) is 0 Å². The zero-order valence-electron chi connectivity index (χ0n) is 17.0. The number of esters is 1. The normalized spacial score (nSPS) is 10.6.